The SMILES string of the molecule is COc1ccc(-[n+]2cc(CP(c3ccccc3)c3ccccc3)n[nH]2)cc1. The summed E-state index contributed by atoms with van der Waals surface area (Å²) >= 11 is 0. The number of nitrogens with one attached hydrogen (secondary N) is 1. The second-order valence-electron chi connectivity index (χ2n) is 6.16. The van der Waals surface area contributed by atoms with Gasteiger partial charge in [-0.05, 0) is 42.8 Å². The van der Waals surface area contributed by atoms with Gasteiger partial charge in [0.1, 0.15) is 5.75 Å². The number of aromatic amines is 1. The molecule has 0 radical (unpaired) electrons. The average molecular weight is 374 g/mol. The van der Waals surface area contributed by atoms with E-state index in [1.807, 2.05) is 28.9 Å². The highest BCUT2D eigenvalue weighted by atomic mass is 31.1. The molecular weight excluding hydrogens is 353 g/mol. The Balaban J connectivity index is 1.61. The van der Waals surface area contributed by atoms with Crippen LogP contribution in [0.5, 0.6) is 5.75 Å². The molecular formula is C22H21N3OP+. The number of H-pyrrole nitrogens is 1. The summed E-state index contributed by atoms with van der Waals surface area (Å²) in [6.07, 6.45) is 2.96. The summed E-state index contributed by atoms with van der Waals surface area (Å²) in [5.41, 5.74) is 2.07. The molecule has 3 aromatic carbocycles. The Morgan fingerprint density at radius 3 is 2.00 bits per heavy atom. The normalized spacial score (nSPS) is 10.9. The molecule has 4 rings (SSSR count). The predicted octanol–water partition coefficient (Wildman–Crippen LogP) is 3.33. The Morgan fingerprint density at radius 2 is 1.44 bits per heavy atom. The standard InChI is InChI=1S/C22H20N3OP/c1-26-20-14-12-19(13-15-20)25-16-18(23-24-25)17-27(21-8-4-2-5-9-21)22-10-6-3-7-11-22/h2-16H,17H2,1H3/p+1. The summed E-state index contributed by atoms with van der Waals surface area (Å²) in [6.45, 7) is 0. The van der Waals surface area contributed by atoms with Gasteiger partial charge in [-0.1, -0.05) is 65.9 Å². The third-order valence-electron chi connectivity index (χ3n) is 4.39. The maximum absolute atomic E-state index is 5.23. The summed E-state index contributed by atoms with van der Waals surface area (Å²) in [5.74, 6) is 0.843. The molecule has 27 heavy (non-hydrogen) atoms. The minimum absolute atomic E-state index is 0.506. The Hall–Kier alpha value is -2.97. The van der Waals surface area contributed by atoms with Gasteiger partial charge in [0.2, 0.25) is 5.69 Å². The zero-order valence-electron chi connectivity index (χ0n) is 15.1. The number of ether oxygens (including phenoxy) is 1. The lowest BCUT2D eigenvalue weighted by Crippen LogP contribution is -2.31. The fourth-order valence-corrected chi connectivity index (χ4v) is 5.19. The largest absolute Gasteiger partial charge is 0.497 e. The first-order chi connectivity index (χ1) is 13.3. The first kappa shape index (κ1) is 17.4. The first-order valence-corrected chi connectivity index (χ1v) is 10.3. The molecule has 134 valence electrons. The molecule has 0 aliphatic carbocycles. The number of hydrogen-bond acceptors (Lipinski definition) is 2. The van der Waals surface area contributed by atoms with Crippen molar-refractivity contribution >= 4 is 18.5 Å². The maximum Gasteiger partial charge on any atom is 0.223 e. The smallest absolute Gasteiger partial charge is 0.223 e. The molecule has 0 saturated heterocycles. The van der Waals surface area contributed by atoms with E-state index < -0.39 is 7.92 Å². The zero-order chi connectivity index (χ0) is 18.5. The zero-order valence-corrected chi connectivity index (χ0v) is 16.0. The molecule has 0 unspecified atom stereocenters. The lowest BCUT2D eigenvalue weighted by atomic mass is 10.3. The Kier molecular flexibility index (Phi) is 5.27. The van der Waals surface area contributed by atoms with Crippen LogP contribution in [0, 0.1) is 0 Å². The highest BCUT2D eigenvalue weighted by molar-refractivity contribution is 7.72. The van der Waals surface area contributed by atoms with E-state index in [0.29, 0.717) is 0 Å². The summed E-state index contributed by atoms with van der Waals surface area (Å²) in [4.78, 5) is 0. The topological polar surface area (TPSA) is 41.8 Å². The number of rotatable bonds is 6. The number of benzene rings is 3. The molecule has 1 N–H and O–H groups in total. The summed E-state index contributed by atoms with van der Waals surface area (Å²) in [6, 6.07) is 29.3. The van der Waals surface area contributed by atoms with Gasteiger partial charge in [-0.25, -0.2) is 0 Å². The van der Waals surface area contributed by atoms with Crippen LogP contribution in [-0.2, 0) is 6.16 Å². The van der Waals surface area contributed by atoms with Crippen LogP contribution < -0.4 is 20.0 Å². The molecule has 1 heterocycles. The van der Waals surface area contributed by atoms with Gasteiger partial charge in [0, 0.05) is 11.3 Å². The first-order valence-electron chi connectivity index (χ1n) is 8.81. The van der Waals surface area contributed by atoms with Gasteiger partial charge in [-0.2, -0.15) is 0 Å². The molecule has 0 fully saturated rings. The highest BCUT2D eigenvalue weighted by Gasteiger charge is 2.20. The van der Waals surface area contributed by atoms with Crippen molar-refractivity contribution in [3.05, 3.63) is 96.8 Å². The van der Waals surface area contributed by atoms with Crippen molar-refractivity contribution in [1.82, 2.24) is 10.3 Å². The van der Waals surface area contributed by atoms with Crippen molar-refractivity contribution in [2.24, 2.45) is 0 Å². The third-order valence-corrected chi connectivity index (χ3v) is 6.87. The average Bonchev–Trinajstić information content (AvgIpc) is 3.22. The minimum Gasteiger partial charge on any atom is -0.497 e. The Morgan fingerprint density at radius 1 is 0.852 bits per heavy atom. The van der Waals surface area contributed by atoms with Gasteiger partial charge in [0.15, 0.2) is 11.9 Å². The molecule has 0 spiro atoms. The van der Waals surface area contributed by atoms with Gasteiger partial charge in [0.25, 0.3) is 0 Å². The number of hydrogen-bond donors (Lipinski definition) is 1. The van der Waals surface area contributed by atoms with Gasteiger partial charge in [-0.3, -0.25) is 0 Å². The summed E-state index contributed by atoms with van der Waals surface area (Å²) < 4.78 is 7.17. The number of nitrogens with zero attached hydrogens (tertiary/aromatic N) is 2. The van der Waals surface area contributed by atoms with Crippen molar-refractivity contribution in [3.63, 3.8) is 0 Å². The highest BCUT2D eigenvalue weighted by Crippen LogP contribution is 2.36. The van der Waals surface area contributed by atoms with E-state index in [4.69, 9.17) is 4.74 Å². The fraction of sp³-hybridized carbons (Fsp3) is 0.0909. The third kappa shape index (κ3) is 4.07. The molecule has 5 heteroatoms. The van der Waals surface area contributed by atoms with Crippen molar-refractivity contribution in [3.8, 4) is 11.4 Å². The van der Waals surface area contributed by atoms with E-state index >= 15 is 0 Å². The van der Waals surface area contributed by atoms with E-state index in [-0.39, 0.29) is 0 Å². The Bertz CT molecular complexity index is 946. The molecule has 4 nitrogen and oxygen atoms in total. The van der Waals surface area contributed by atoms with E-state index in [1.165, 1.54) is 10.6 Å². The van der Waals surface area contributed by atoms with Crippen LogP contribution in [0.4, 0.5) is 0 Å². The minimum atomic E-state index is -0.506. The van der Waals surface area contributed by atoms with E-state index in [2.05, 4.69) is 77.2 Å². The Labute approximate surface area is 160 Å². The quantitative estimate of drug-likeness (QED) is 0.416. The molecule has 0 aliphatic heterocycles. The maximum atomic E-state index is 5.23. The molecule has 0 aliphatic rings. The summed E-state index contributed by atoms with van der Waals surface area (Å²) in [5, 5.41) is 10.4. The molecule has 0 saturated carbocycles. The van der Waals surface area contributed by atoms with Gasteiger partial charge < -0.3 is 4.74 Å². The second kappa shape index (κ2) is 8.15. The molecule has 0 amide bonds. The second-order valence-corrected chi connectivity index (χ2v) is 8.36. The van der Waals surface area contributed by atoms with E-state index in [0.717, 1.165) is 23.3 Å². The van der Waals surface area contributed by atoms with Gasteiger partial charge >= 0.3 is 0 Å². The molecule has 0 bridgehead atoms. The van der Waals surface area contributed by atoms with Crippen molar-refractivity contribution < 1.29 is 9.42 Å². The molecule has 0 atom stereocenters. The van der Waals surface area contributed by atoms with Crippen molar-refractivity contribution in [2.75, 3.05) is 7.11 Å². The van der Waals surface area contributed by atoms with Crippen LogP contribution in [0.2, 0.25) is 0 Å². The van der Waals surface area contributed by atoms with Crippen LogP contribution in [-0.4, -0.2) is 17.4 Å². The van der Waals surface area contributed by atoms with Crippen LogP contribution in [0.25, 0.3) is 5.69 Å². The monoisotopic (exact) mass is 374 g/mol. The number of methoxy groups -OCH3 is 1. The van der Waals surface area contributed by atoms with Crippen LogP contribution in [0.3, 0.4) is 0 Å². The molecule has 4 aromatic rings. The molecule has 1 aromatic heterocycles. The summed E-state index contributed by atoms with van der Waals surface area (Å²) in [7, 11) is 1.17. The van der Waals surface area contributed by atoms with Crippen molar-refractivity contribution in [1.29, 1.82) is 0 Å². The van der Waals surface area contributed by atoms with E-state index in [9.17, 15) is 0 Å². The van der Waals surface area contributed by atoms with Gasteiger partial charge in [-0.15, -0.1) is 4.68 Å². The van der Waals surface area contributed by atoms with Crippen LogP contribution in [0.1, 0.15) is 5.69 Å². The van der Waals surface area contributed by atoms with Gasteiger partial charge in [0.05, 0.1) is 7.11 Å². The van der Waals surface area contributed by atoms with Crippen molar-refractivity contribution in [2.45, 2.75) is 6.16 Å². The lowest BCUT2D eigenvalue weighted by molar-refractivity contribution is -0.659. The predicted molar refractivity (Wildman–Crippen MR) is 109 cm³/mol. The van der Waals surface area contributed by atoms with E-state index in [1.54, 1.807) is 7.11 Å². The number of aromatic nitrogens is 3. The van der Waals surface area contributed by atoms with Crippen LogP contribution in [0.15, 0.2) is 91.1 Å². The lowest BCUT2D eigenvalue weighted by Gasteiger charge is -2.16. The van der Waals surface area contributed by atoms with Crippen LogP contribution >= 0.6 is 7.92 Å². The fourth-order valence-electron chi connectivity index (χ4n) is 2.99.